The van der Waals surface area contributed by atoms with Gasteiger partial charge in [-0.25, -0.2) is 8.42 Å². The molecule has 0 saturated carbocycles. The molecule has 7 heteroatoms. The van der Waals surface area contributed by atoms with E-state index in [1.54, 1.807) is 6.07 Å². The number of ether oxygens (including phenoxy) is 2. The highest BCUT2D eigenvalue weighted by molar-refractivity contribution is 8.13. The van der Waals surface area contributed by atoms with E-state index >= 15 is 0 Å². The highest BCUT2D eigenvalue weighted by Crippen LogP contribution is 2.45. The van der Waals surface area contributed by atoms with E-state index in [0.29, 0.717) is 35.3 Å². The Balaban J connectivity index is 2.63. The molecule has 0 atom stereocenters. The Morgan fingerprint density at radius 2 is 1.85 bits per heavy atom. The summed E-state index contributed by atoms with van der Waals surface area (Å²) in [5.41, 5.74) is 1.35. The van der Waals surface area contributed by atoms with Crippen LogP contribution in [0, 0.1) is 0 Å². The molecule has 1 aromatic carbocycles. The average molecular weight is 339 g/mol. The van der Waals surface area contributed by atoms with Crippen molar-refractivity contribution in [2.45, 2.75) is 31.9 Å². The van der Waals surface area contributed by atoms with E-state index < -0.39 is 9.05 Å². The van der Waals surface area contributed by atoms with Crippen LogP contribution in [0.3, 0.4) is 0 Å². The second kappa shape index (κ2) is 6.00. The van der Waals surface area contributed by atoms with E-state index in [0.717, 1.165) is 12.0 Å². The standard InChI is InChI=1S/C13H16Cl2O4S/c1-8(2)11-9(7-20(15,16)17)6-10(14)12-13(11)19-5-3-4-18-12/h6,8H,3-5,7H2,1-2H3. The number of rotatable bonds is 3. The van der Waals surface area contributed by atoms with E-state index in [1.807, 2.05) is 13.8 Å². The molecule has 0 aliphatic carbocycles. The lowest BCUT2D eigenvalue weighted by Gasteiger charge is -2.20. The van der Waals surface area contributed by atoms with Gasteiger partial charge in [-0.15, -0.1) is 0 Å². The SMILES string of the molecule is CC(C)c1c(CS(=O)(=O)Cl)cc(Cl)c2c1OCCCO2. The maximum Gasteiger partial charge on any atom is 0.236 e. The van der Waals surface area contributed by atoms with Crippen molar-refractivity contribution < 1.29 is 17.9 Å². The van der Waals surface area contributed by atoms with Crippen LogP contribution >= 0.6 is 22.3 Å². The Morgan fingerprint density at radius 3 is 2.40 bits per heavy atom. The largest absolute Gasteiger partial charge is 0.489 e. The van der Waals surface area contributed by atoms with Gasteiger partial charge >= 0.3 is 0 Å². The molecule has 2 rings (SSSR count). The molecular formula is C13H16Cl2O4S. The summed E-state index contributed by atoms with van der Waals surface area (Å²) < 4.78 is 34.1. The fraction of sp³-hybridized carbons (Fsp3) is 0.538. The van der Waals surface area contributed by atoms with Gasteiger partial charge in [0.15, 0.2) is 11.5 Å². The van der Waals surface area contributed by atoms with Crippen LogP contribution in [0.5, 0.6) is 11.5 Å². The summed E-state index contributed by atoms with van der Waals surface area (Å²) in [7, 11) is 1.70. The molecule has 1 heterocycles. The zero-order valence-electron chi connectivity index (χ0n) is 11.3. The molecule has 0 bridgehead atoms. The number of benzene rings is 1. The minimum atomic E-state index is -3.67. The van der Waals surface area contributed by atoms with Gasteiger partial charge in [0.05, 0.1) is 24.0 Å². The van der Waals surface area contributed by atoms with Crippen molar-refractivity contribution in [1.82, 2.24) is 0 Å². The van der Waals surface area contributed by atoms with Crippen LogP contribution in [0.1, 0.15) is 37.3 Å². The van der Waals surface area contributed by atoms with Crippen molar-refractivity contribution in [2.24, 2.45) is 0 Å². The molecule has 0 spiro atoms. The monoisotopic (exact) mass is 338 g/mol. The summed E-state index contributed by atoms with van der Waals surface area (Å²) in [5.74, 6) is 0.818. The molecule has 20 heavy (non-hydrogen) atoms. The zero-order valence-corrected chi connectivity index (χ0v) is 13.6. The molecule has 0 fully saturated rings. The van der Waals surface area contributed by atoms with Crippen LogP contribution in [0.25, 0.3) is 0 Å². The second-order valence-corrected chi connectivity index (χ2v) is 8.16. The van der Waals surface area contributed by atoms with E-state index in [-0.39, 0.29) is 11.7 Å². The van der Waals surface area contributed by atoms with Crippen LogP contribution in [0.15, 0.2) is 6.07 Å². The third-order valence-corrected chi connectivity index (χ3v) is 4.27. The molecular weight excluding hydrogens is 323 g/mol. The van der Waals surface area contributed by atoms with Crippen LogP contribution < -0.4 is 9.47 Å². The van der Waals surface area contributed by atoms with Crippen LogP contribution in [-0.4, -0.2) is 21.6 Å². The van der Waals surface area contributed by atoms with Crippen molar-refractivity contribution in [3.05, 3.63) is 22.2 Å². The Morgan fingerprint density at radius 1 is 1.25 bits per heavy atom. The molecule has 0 saturated heterocycles. The predicted octanol–water partition coefficient (Wildman–Crippen LogP) is 3.69. The second-order valence-electron chi connectivity index (χ2n) is 4.98. The fourth-order valence-electron chi connectivity index (χ4n) is 2.30. The first-order valence-electron chi connectivity index (χ1n) is 6.33. The Hall–Kier alpha value is -0.650. The fourth-order valence-corrected chi connectivity index (χ4v) is 3.53. The molecule has 1 aliphatic heterocycles. The summed E-state index contributed by atoms with van der Waals surface area (Å²) in [5, 5.41) is 0.349. The number of fused-ring (bicyclic) bond motifs is 1. The molecule has 0 unspecified atom stereocenters. The van der Waals surface area contributed by atoms with E-state index in [9.17, 15) is 8.42 Å². The molecule has 4 nitrogen and oxygen atoms in total. The average Bonchev–Trinajstić information content (AvgIpc) is 2.52. The van der Waals surface area contributed by atoms with Crippen LogP contribution in [0.2, 0.25) is 5.02 Å². The van der Waals surface area contributed by atoms with Crippen molar-refractivity contribution in [2.75, 3.05) is 13.2 Å². The maximum atomic E-state index is 11.4. The van der Waals surface area contributed by atoms with Gasteiger partial charge in [-0.1, -0.05) is 25.4 Å². The molecule has 0 aromatic heterocycles. The molecule has 1 aliphatic rings. The van der Waals surface area contributed by atoms with Gasteiger partial charge in [0, 0.05) is 22.7 Å². The van der Waals surface area contributed by atoms with Gasteiger partial charge in [-0.2, -0.15) is 0 Å². The normalized spacial score (nSPS) is 15.2. The van der Waals surface area contributed by atoms with Gasteiger partial charge in [0.2, 0.25) is 9.05 Å². The topological polar surface area (TPSA) is 52.6 Å². The zero-order chi connectivity index (χ0) is 14.9. The van der Waals surface area contributed by atoms with Crippen molar-refractivity contribution in [3.63, 3.8) is 0 Å². The van der Waals surface area contributed by atoms with Gasteiger partial charge in [0.25, 0.3) is 0 Å². The number of halogens is 2. The smallest absolute Gasteiger partial charge is 0.236 e. The maximum absolute atomic E-state index is 11.4. The Kier molecular flexibility index (Phi) is 4.72. The quantitative estimate of drug-likeness (QED) is 0.788. The summed E-state index contributed by atoms with van der Waals surface area (Å²) in [6.07, 6.45) is 0.756. The highest BCUT2D eigenvalue weighted by Gasteiger charge is 2.25. The van der Waals surface area contributed by atoms with Crippen molar-refractivity contribution in [1.29, 1.82) is 0 Å². The third-order valence-electron chi connectivity index (χ3n) is 3.00. The summed E-state index contributed by atoms with van der Waals surface area (Å²) in [4.78, 5) is 0. The predicted molar refractivity (Wildman–Crippen MR) is 79.6 cm³/mol. The highest BCUT2D eigenvalue weighted by atomic mass is 35.7. The first-order chi connectivity index (χ1) is 9.29. The van der Waals surface area contributed by atoms with Crippen molar-refractivity contribution >= 4 is 31.3 Å². The van der Waals surface area contributed by atoms with Crippen LogP contribution in [0.4, 0.5) is 0 Å². The molecule has 112 valence electrons. The molecule has 1 aromatic rings. The Bertz CT molecular complexity index is 611. The van der Waals surface area contributed by atoms with Gasteiger partial charge in [0.1, 0.15) is 0 Å². The lowest BCUT2D eigenvalue weighted by molar-refractivity contribution is 0.296. The van der Waals surface area contributed by atoms with Crippen LogP contribution in [-0.2, 0) is 14.8 Å². The summed E-state index contributed by atoms with van der Waals surface area (Å²) >= 11 is 6.18. The van der Waals surface area contributed by atoms with Gasteiger partial charge in [-0.3, -0.25) is 0 Å². The van der Waals surface area contributed by atoms with E-state index in [1.165, 1.54) is 0 Å². The lowest BCUT2D eigenvalue weighted by Crippen LogP contribution is -2.06. The molecule has 0 N–H and O–H groups in total. The van der Waals surface area contributed by atoms with E-state index in [2.05, 4.69) is 0 Å². The summed E-state index contributed by atoms with van der Waals surface area (Å²) in [6, 6.07) is 1.60. The third kappa shape index (κ3) is 3.51. The van der Waals surface area contributed by atoms with Gasteiger partial charge in [-0.05, 0) is 17.5 Å². The lowest BCUT2D eigenvalue weighted by atomic mass is 9.96. The Labute approximate surface area is 128 Å². The summed E-state index contributed by atoms with van der Waals surface area (Å²) in [6.45, 7) is 4.96. The minimum absolute atomic E-state index is 0.0659. The first-order valence-corrected chi connectivity index (χ1v) is 9.18. The first kappa shape index (κ1) is 15.7. The molecule has 0 radical (unpaired) electrons. The minimum Gasteiger partial charge on any atom is -0.489 e. The number of hydrogen-bond donors (Lipinski definition) is 0. The number of hydrogen-bond acceptors (Lipinski definition) is 4. The van der Waals surface area contributed by atoms with Crippen molar-refractivity contribution in [3.8, 4) is 11.5 Å². The van der Waals surface area contributed by atoms with E-state index in [4.69, 9.17) is 31.8 Å². The molecule has 0 amide bonds. The van der Waals surface area contributed by atoms with Gasteiger partial charge < -0.3 is 9.47 Å².